The molecule has 0 bridgehead atoms. The normalized spacial score (nSPS) is 19.7. The molecule has 0 N–H and O–H groups in total. The predicted octanol–water partition coefficient (Wildman–Crippen LogP) is 5.62. The van der Waals surface area contributed by atoms with E-state index in [0.29, 0.717) is 0 Å². The van der Waals surface area contributed by atoms with Crippen molar-refractivity contribution >= 4 is 11.5 Å². The number of carbonyl (C=O) groups excluding carboxylic acids is 1. The Balaban J connectivity index is 1.77. The fourth-order valence-corrected chi connectivity index (χ4v) is 3.97. The van der Waals surface area contributed by atoms with Gasteiger partial charge in [0.25, 0.3) is 0 Å². The van der Waals surface area contributed by atoms with E-state index in [2.05, 4.69) is 24.0 Å². The van der Waals surface area contributed by atoms with Crippen molar-refractivity contribution in [3.63, 3.8) is 0 Å². The molecule has 3 aromatic rings. The van der Waals surface area contributed by atoms with Crippen LogP contribution in [0.4, 0.5) is 0 Å². The highest BCUT2D eigenvalue weighted by molar-refractivity contribution is 6.19. The lowest BCUT2D eigenvalue weighted by molar-refractivity contribution is -0.126. The Bertz CT molecular complexity index is 1120. The zero-order valence-corrected chi connectivity index (χ0v) is 17.4. The number of nitrogens with zero attached hydrogens (tertiary/aromatic N) is 1. The molecule has 148 valence electrons. The fourth-order valence-electron chi connectivity index (χ4n) is 3.97. The number of ketones is 1. The van der Waals surface area contributed by atoms with Crippen molar-refractivity contribution in [2.24, 2.45) is 10.4 Å². The van der Waals surface area contributed by atoms with E-state index in [-0.39, 0.29) is 5.78 Å². The smallest absolute Gasteiger partial charge is 0.205 e. The van der Waals surface area contributed by atoms with Crippen LogP contribution in [-0.2, 0) is 16.8 Å². The van der Waals surface area contributed by atoms with Crippen molar-refractivity contribution in [1.82, 2.24) is 0 Å². The molecule has 0 saturated carbocycles. The van der Waals surface area contributed by atoms with Crippen molar-refractivity contribution in [3.05, 3.63) is 108 Å². The SMILES string of the molecule is CC1(C)C(=O)C(C#Cc2ccccc2)(c2ccccc2)N=C1CCc1ccccc1. The summed E-state index contributed by atoms with van der Waals surface area (Å²) in [4.78, 5) is 18.8. The maximum atomic E-state index is 13.8. The number of benzene rings is 3. The summed E-state index contributed by atoms with van der Waals surface area (Å²) >= 11 is 0. The summed E-state index contributed by atoms with van der Waals surface area (Å²) in [5.74, 6) is 6.53. The van der Waals surface area contributed by atoms with E-state index >= 15 is 0 Å². The first-order valence-electron chi connectivity index (χ1n) is 10.3. The quantitative estimate of drug-likeness (QED) is 0.531. The number of aliphatic imine (C=N–C) groups is 1. The van der Waals surface area contributed by atoms with Gasteiger partial charge in [0.15, 0.2) is 5.78 Å². The average molecular weight is 392 g/mol. The summed E-state index contributed by atoms with van der Waals surface area (Å²) in [6.07, 6.45) is 1.59. The fraction of sp³-hybridized carbons (Fsp3) is 0.214. The summed E-state index contributed by atoms with van der Waals surface area (Å²) in [6.45, 7) is 3.96. The predicted molar refractivity (Wildman–Crippen MR) is 122 cm³/mol. The lowest BCUT2D eigenvalue weighted by Crippen LogP contribution is -2.38. The van der Waals surface area contributed by atoms with Gasteiger partial charge in [-0.25, -0.2) is 0 Å². The van der Waals surface area contributed by atoms with Gasteiger partial charge >= 0.3 is 0 Å². The van der Waals surface area contributed by atoms with Gasteiger partial charge in [-0.2, -0.15) is 0 Å². The summed E-state index contributed by atoms with van der Waals surface area (Å²) in [5.41, 5.74) is 2.06. The van der Waals surface area contributed by atoms with Crippen LogP contribution in [0.3, 0.4) is 0 Å². The van der Waals surface area contributed by atoms with Crippen LogP contribution in [0.25, 0.3) is 0 Å². The van der Waals surface area contributed by atoms with E-state index in [1.54, 1.807) is 0 Å². The largest absolute Gasteiger partial charge is 0.294 e. The molecule has 1 aliphatic heterocycles. The van der Waals surface area contributed by atoms with E-state index in [1.807, 2.05) is 92.7 Å². The molecule has 1 heterocycles. The summed E-state index contributed by atoms with van der Waals surface area (Å²) in [7, 11) is 0. The first-order valence-corrected chi connectivity index (χ1v) is 10.3. The Morgan fingerprint density at radius 2 is 1.33 bits per heavy atom. The van der Waals surface area contributed by atoms with Crippen LogP contribution >= 0.6 is 0 Å². The summed E-state index contributed by atoms with van der Waals surface area (Å²) in [6, 6.07) is 29.9. The van der Waals surface area contributed by atoms with Crippen molar-refractivity contribution in [3.8, 4) is 11.8 Å². The molecule has 30 heavy (non-hydrogen) atoms. The molecule has 1 unspecified atom stereocenters. The van der Waals surface area contributed by atoms with Crippen LogP contribution in [0.5, 0.6) is 0 Å². The lowest BCUT2D eigenvalue weighted by Gasteiger charge is -2.24. The second-order valence-corrected chi connectivity index (χ2v) is 8.19. The zero-order chi connectivity index (χ0) is 21.0. The van der Waals surface area contributed by atoms with Crippen LogP contribution in [0.1, 0.15) is 37.0 Å². The van der Waals surface area contributed by atoms with Gasteiger partial charge in [-0.3, -0.25) is 9.79 Å². The van der Waals surface area contributed by atoms with Gasteiger partial charge in [-0.1, -0.05) is 90.7 Å². The van der Waals surface area contributed by atoms with E-state index in [1.165, 1.54) is 5.56 Å². The Kier molecular flexibility index (Phi) is 5.38. The van der Waals surface area contributed by atoms with Crippen LogP contribution < -0.4 is 0 Å². The molecule has 0 radical (unpaired) electrons. The molecule has 0 aromatic heterocycles. The number of Topliss-reactive ketones (excluding diaryl/α,β-unsaturated/α-hetero) is 1. The first kappa shape index (κ1) is 19.9. The molecule has 0 amide bonds. The third kappa shape index (κ3) is 3.72. The molecular weight excluding hydrogens is 366 g/mol. The molecule has 0 spiro atoms. The van der Waals surface area contributed by atoms with Gasteiger partial charge in [0.05, 0.1) is 5.41 Å². The van der Waals surface area contributed by atoms with Gasteiger partial charge < -0.3 is 0 Å². The molecule has 2 nitrogen and oxygen atoms in total. The van der Waals surface area contributed by atoms with Gasteiger partial charge in [0, 0.05) is 11.3 Å². The second-order valence-electron chi connectivity index (χ2n) is 8.19. The van der Waals surface area contributed by atoms with Crippen molar-refractivity contribution < 1.29 is 4.79 Å². The number of rotatable bonds is 4. The summed E-state index contributed by atoms with van der Waals surface area (Å²) < 4.78 is 0. The topological polar surface area (TPSA) is 29.4 Å². The number of hydrogen-bond donors (Lipinski definition) is 0. The van der Waals surface area contributed by atoms with Gasteiger partial charge in [0.2, 0.25) is 5.54 Å². The highest BCUT2D eigenvalue weighted by Crippen LogP contribution is 2.43. The maximum Gasteiger partial charge on any atom is 0.205 e. The summed E-state index contributed by atoms with van der Waals surface area (Å²) in [5, 5.41) is 0. The standard InChI is InChI=1S/C28H25NO/c1-27(2)25(19-18-22-12-6-3-7-13-22)29-28(26(27)30,24-16-10-5-11-17-24)21-20-23-14-8-4-9-15-23/h3-17H,18-19H2,1-2H3. The Morgan fingerprint density at radius 1 is 0.767 bits per heavy atom. The van der Waals surface area contributed by atoms with Crippen LogP contribution in [0, 0.1) is 17.3 Å². The Labute approximate surface area is 178 Å². The van der Waals surface area contributed by atoms with Crippen LogP contribution in [0.2, 0.25) is 0 Å². The monoisotopic (exact) mass is 391 g/mol. The van der Waals surface area contributed by atoms with E-state index in [4.69, 9.17) is 4.99 Å². The van der Waals surface area contributed by atoms with E-state index < -0.39 is 11.0 Å². The van der Waals surface area contributed by atoms with Crippen LogP contribution in [0.15, 0.2) is 96.0 Å². The minimum absolute atomic E-state index is 0.0488. The number of carbonyl (C=O) groups is 1. The Hall–Kier alpha value is -3.44. The minimum Gasteiger partial charge on any atom is -0.294 e. The van der Waals surface area contributed by atoms with E-state index in [0.717, 1.165) is 29.7 Å². The molecule has 0 aliphatic carbocycles. The minimum atomic E-state index is -1.16. The molecule has 3 aromatic carbocycles. The van der Waals surface area contributed by atoms with Crippen LogP contribution in [-0.4, -0.2) is 11.5 Å². The molecule has 0 saturated heterocycles. The highest BCUT2D eigenvalue weighted by Gasteiger charge is 2.54. The highest BCUT2D eigenvalue weighted by atomic mass is 16.1. The van der Waals surface area contributed by atoms with Gasteiger partial charge in [0.1, 0.15) is 0 Å². The first-order chi connectivity index (χ1) is 14.5. The maximum absolute atomic E-state index is 13.8. The molecule has 1 atom stereocenters. The molecule has 4 rings (SSSR count). The molecule has 2 heteroatoms. The number of aryl methyl sites for hydroxylation is 1. The van der Waals surface area contributed by atoms with E-state index in [9.17, 15) is 4.79 Å². The molecule has 1 aliphatic rings. The average Bonchev–Trinajstić information content (AvgIpc) is 2.99. The zero-order valence-electron chi connectivity index (χ0n) is 17.4. The van der Waals surface area contributed by atoms with Gasteiger partial charge in [-0.05, 0) is 49.9 Å². The second kappa shape index (κ2) is 8.13. The molecule has 0 fully saturated rings. The Morgan fingerprint density at radius 3 is 1.97 bits per heavy atom. The number of hydrogen-bond acceptors (Lipinski definition) is 2. The third-order valence-corrected chi connectivity index (χ3v) is 5.77. The van der Waals surface area contributed by atoms with Gasteiger partial charge in [-0.15, -0.1) is 0 Å². The molecular formula is C28H25NO. The van der Waals surface area contributed by atoms with Crippen molar-refractivity contribution in [1.29, 1.82) is 0 Å². The van der Waals surface area contributed by atoms with Crippen molar-refractivity contribution in [2.45, 2.75) is 32.2 Å². The van der Waals surface area contributed by atoms with Crippen molar-refractivity contribution in [2.75, 3.05) is 0 Å². The third-order valence-electron chi connectivity index (χ3n) is 5.77. The lowest BCUT2D eigenvalue weighted by atomic mass is 9.74.